The van der Waals surface area contributed by atoms with Gasteiger partial charge in [-0.3, -0.25) is 9.59 Å². The fourth-order valence-electron chi connectivity index (χ4n) is 2.58. The summed E-state index contributed by atoms with van der Waals surface area (Å²) in [7, 11) is 1.58. The summed E-state index contributed by atoms with van der Waals surface area (Å²) in [5.41, 5.74) is 1.26. The zero-order valence-corrected chi connectivity index (χ0v) is 12.8. The van der Waals surface area contributed by atoms with Crippen LogP contribution in [0.5, 0.6) is 5.75 Å². The van der Waals surface area contributed by atoms with Crippen LogP contribution in [0.3, 0.4) is 0 Å². The number of amides is 1. The van der Waals surface area contributed by atoms with E-state index in [9.17, 15) is 14.7 Å². The largest absolute Gasteiger partial charge is 0.506 e. The van der Waals surface area contributed by atoms with Gasteiger partial charge in [0.15, 0.2) is 0 Å². The van der Waals surface area contributed by atoms with Crippen molar-refractivity contribution in [1.29, 1.82) is 0 Å². The first-order valence-corrected chi connectivity index (χ1v) is 7.18. The van der Waals surface area contributed by atoms with Crippen LogP contribution in [0.4, 0.5) is 5.69 Å². The van der Waals surface area contributed by atoms with Gasteiger partial charge in [-0.1, -0.05) is 30.3 Å². The molecule has 116 valence electrons. The van der Waals surface area contributed by atoms with Crippen molar-refractivity contribution in [2.75, 3.05) is 5.32 Å². The number of nitrogens with one attached hydrogen (secondary N) is 1. The van der Waals surface area contributed by atoms with Crippen molar-refractivity contribution >= 4 is 22.5 Å². The molecular weight excluding hydrogens is 292 g/mol. The van der Waals surface area contributed by atoms with Gasteiger partial charge in [-0.05, 0) is 30.7 Å². The molecule has 0 atom stereocenters. The maximum absolute atomic E-state index is 12.5. The molecule has 0 aliphatic rings. The monoisotopic (exact) mass is 308 g/mol. The van der Waals surface area contributed by atoms with E-state index in [1.54, 1.807) is 43.4 Å². The number of pyridine rings is 1. The minimum atomic E-state index is -0.622. The van der Waals surface area contributed by atoms with Gasteiger partial charge in [0.05, 0.1) is 5.52 Å². The summed E-state index contributed by atoms with van der Waals surface area (Å²) in [6, 6.07) is 14.2. The van der Waals surface area contributed by atoms with Crippen molar-refractivity contribution < 1.29 is 9.90 Å². The minimum Gasteiger partial charge on any atom is -0.506 e. The van der Waals surface area contributed by atoms with Gasteiger partial charge in [0.25, 0.3) is 11.5 Å². The third-order valence-electron chi connectivity index (χ3n) is 3.90. The Morgan fingerprint density at radius 3 is 2.48 bits per heavy atom. The molecule has 0 bridgehead atoms. The topological polar surface area (TPSA) is 71.3 Å². The van der Waals surface area contributed by atoms with E-state index < -0.39 is 11.5 Å². The van der Waals surface area contributed by atoms with Crippen molar-refractivity contribution in [2.45, 2.75) is 6.92 Å². The molecule has 0 saturated carbocycles. The lowest BCUT2D eigenvalue weighted by Gasteiger charge is -2.12. The molecule has 23 heavy (non-hydrogen) atoms. The zero-order chi connectivity index (χ0) is 16.6. The number of hydrogen-bond acceptors (Lipinski definition) is 3. The number of anilines is 1. The second-order valence-corrected chi connectivity index (χ2v) is 5.37. The highest BCUT2D eigenvalue weighted by molar-refractivity contribution is 6.09. The summed E-state index contributed by atoms with van der Waals surface area (Å²) >= 11 is 0. The maximum Gasteiger partial charge on any atom is 0.267 e. The van der Waals surface area contributed by atoms with Crippen LogP contribution in [0.15, 0.2) is 53.3 Å². The van der Waals surface area contributed by atoms with Gasteiger partial charge in [0, 0.05) is 18.1 Å². The number of rotatable bonds is 2. The number of carbonyl (C=O) groups excluding carboxylic acids is 1. The fraction of sp³-hybridized carbons (Fsp3) is 0.111. The Balaban J connectivity index is 2.15. The molecule has 1 aromatic heterocycles. The number of benzene rings is 2. The Labute approximate surface area is 132 Å². The van der Waals surface area contributed by atoms with Crippen molar-refractivity contribution in [2.24, 2.45) is 7.05 Å². The SMILES string of the molecule is Cc1ccccc1NC(=O)c1c(O)c2ccccc2n(C)c1=O. The molecule has 0 unspecified atom stereocenters. The molecule has 0 saturated heterocycles. The molecule has 2 aromatic carbocycles. The average molecular weight is 308 g/mol. The van der Waals surface area contributed by atoms with E-state index >= 15 is 0 Å². The number of para-hydroxylation sites is 2. The third kappa shape index (κ3) is 2.46. The molecular formula is C18H16N2O3. The number of carbonyl (C=O) groups is 1. The summed E-state index contributed by atoms with van der Waals surface area (Å²) < 4.78 is 1.36. The lowest BCUT2D eigenvalue weighted by molar-refractivity contribution is 0.102. The summed E-state index contributed by atoms with van der Waals surface area (Å²) in [5, 5.41) is 13.5. The molecule has 0 aliphatic carbocycles. The summed E-state index contributed by atoms with van der Waals surface area (Å²) in [5.74, 6) is -0.919. The van der Waals surface area contributed by atoms with Crippen molar-refractivity contribution in [3.63, 3.8) is 0 Å². The van der Waals surface area contributed by atoms with Crippen LogP contribution in [0, 0.1) is 6.92 Å². The van der Waals surface area contributed by atoms with Crippen LogP contribution in [-0.2, 0) is 7.05 Å². The van der Waals surface area contributed by atoms with E-state index in [-0.39, 0.29) is 11.3 Å². The predicted molar refractivity (Wildman–Crippen MR) is 90.0 cm³/mol. The van der Waals surface area contributed by atoms with Gasteiger partial charge in [0.1, 0.15) is 11.3 Å². The molecule has 0 spiro atoms. The average Bonchev–Trinajstić information content (AvgIpc) is 2.55. The highest BCUT2D eigenvalue weighted by Gasteiger charge is 2.21. The summed E-state index contributed by atoms with van der Waals surface area (Å²) in [6.45, 7) is 1.86. The van der Waals surface area contributed by atoms with Crippen LogP contribution in [0.25, 0.3) is 10.9 Å². The maximum atomic E-state index is 12.5. The number of aromatic nitrogens is 1. The van der Waals surface area contributed by atoms with Crippen LogP contribution < -0.4 is 10.9 Å². The highest BCUT2D eigenvalue weighted by Crippen LogP contribution is 2.26. The van der Waals surface area contributed by atoms with Gasteiger partial charge in [-0.15, -0.1) is 0 Å². The summed E-state index contributed by atoms with van der Waals surface area (Å²) in [6.07, 6.45) is 0. The molecule has 0 aliphatic heterocycles. The van der Waals surface area contributed by atoms with Crippen LogP contribution in [0.1, 0.15) is 15.9 Å². The molecule has 3 aromatic rings. The van der Waals surface area contributed by atoms with Gasteiger partial charge in [-0.25, -0.2) is 0 Å². The first-order valence-electron chi connectivity index (χ1n) is 7.18. The van der Waals surface area contributed by atoms with E-state index in [2.05, 4.69) is 5.32 Å². The van der Waals surface area contributed by atoms with Gasteiger partial charge < -0.3 is 15.0 Å². The van der Waals surface area contributed by atoms with E-state index in [4.69, 9.17) is 0 Å². The number of nitrogens with zero attached hydrogens (tertiary/aromatic N) is 1. The number of aromatic hydroxyl groups is 1. The molecule has 0 fully saturated rings. The van der Waals surface area contributed by atoms with E-state index in [0.717, 1.165) is 5.56 Å². The van der Waals surface area contributed by atoms with Crippen LogP contribution in [0.2, 0.25) is 0 Å². The van der Waals surface area contributed by atoms with Crippen molar-refractivity contribution in [1.82, 2.24) is 4.57 Å². The van der Waals surface area contributed by atoms with E-state index in [1.165, 1.54) is 4.57 Å². The lowest BCUT2D eigenvalue weighted by atomic mass is 10.1. The fourth-order valence-corrected chi connectivity index (χ4v) is 2.58. The molecule has 5 nitrogen and oxygen atoms in total. The third-order valence-corrected chi connectivity index (χ3v) is 3.90. The molecule has 1 heterocycles. The molecule has 5 heteroatoms. The van der Waals surface area contributed by atoms with Gasteiger partial charge in [-0.2, -0.15) is 0 Å². The number of aryl methyl sites for hydroxylation is 2. The molecule has 3 rings (SSSR count). The Hall–Kier alpha value is -3.08. The first kappa shape index (κ1) is 14.8. The minimum absolute atomic E-state index is 0.255. The number of hydrogen-bond donors (Lipinski definition) is 2. The first-order chi connectivity index (χ1) is 11.0. The normalized spacial score (nSPS) is 10.7. The van der Waals surface area contributed by atoms with E-state index in [0.29, 0.717) is 16.6 Å². The predicted octanol–water partition coefficient (Wildman–Crippen LogP) is 2.80. The zero-order valence-electron chi connectivity index (χ0n) is 12.8. The second-order valence-electron chi connectivity index (χ2n) is 5.37. The highest BCUT2D eigenvalue weighted by atomic mass is 16.3. The summed E-state index contributed by atoms with van der Waals surface area (Å²) in [4.78, 5) is 25.0. The van der Waals surface area contributed by atoms with Crippen molar-refractivity contribution in [3.8, 4) is 5.75 Å². The molecule has 1 amide bonds. The van der Waals surface area contributed by atoms with Crippen LogP contribution in [-0.4, -0.2) is 15.6 Å². The van der Waals surface area contributed by atoms with Gasteiger partial charge in [0.2, 0.25) is 0 Å². The second kappa shape index (κ2) is 5.61. The lowest BCUT2D eigenvalue weighted by Crippen LogP contribution is -2.28. The Bertz CT molecular complexity index is 974. The molecule has 0 radical (unpaired) electrons. The Morgan fingerprint density at radius 2 is 1.74 bits per heavy atom. The quantitative estimate of drug-likeness (QED) is 0.764. The van der Waals surface area contributed by atoms with Crippen molar-refractivity contribution in [3.05, 3.63) is 70.0 Å². The van der Waals surface area contributed by atoms with Gasteiger partial charge >= 0.3 is 0 Å². The Morgan fingerprint density at radius 1 is 1.09 bits per heavy atom. The van der Waals surface area contributed by atoms with Crippen LogP contribution >= 0.6 is 0 Å². The molecule has 2 N–H and O–H groups in total. The standard InChI is InChI=1S/C18H16N2O3/c1-11-7-3-5-9-13(11)19-17(22)15-16(21)12-8-4-6-10-14(12)20(2)18(15)23/h3-10,21H,1-2H3,(H,19,22). The number of fused-ring (bicyclic) bond motifs is 1. The van der Waals surface area contributed by atoms with E-state index in [1.807, 2.05) is 19.1 Å². The smallest absolute Gasteiger partial charge is 0.267 e. The Kier molecular flexibility index (Phi) is 3.62.